The Labute approximate surface area is 175 Å². The van der Waals surface area contributed by atoms with Crippen LogP contribution in [0.25, 0.3) is 0 Å². The maximum absolute atomic E-state index is 13.1. The number of carbonyl (C=O) groups excluding carboxylic acids is 2. The van der Waals surface area contributed by atoms with Crippen molar-refractivity contribution in [2.45, 2.75) is 18.9 Å². The van der Waals surface area contributed by atoms with Gasteiger partial charge in [0.25, 0.3) is 0 Å². The number of anilines is 2. The van der Waals surface area contributed by atoms with Gasteiger partial charge in [0, 0.05) is 23.6 Å². The van der Waals surface area contributed by atoms with Crippen LogP contribution in [0.5, 0.6) is 0 Å². The van der Waals surface area contributed by atoms with Gasteiger partial charge in [-0.2, -0.15) is 0 Å². The van der Waals surface area contributed by atoms with Crippen molar-refractivity contribution in [1.82, 2.24) is 10.6 Å². The first-order valence-corrected chi connectivity index (χ1v) is 9.27. The predicted octanol–water partition coefficient (Wildman–Crippen LogP) is 3.55. The maximum Gasteiger partial charge on any atom is 0.329 e. The fourth-order valence-electron chi connectivity index (χ4n) is 2.48. The molecule has 154 valence electrons. The number of hydrogen-bond acceptors (Lipinski definition) is 3. The van der Waals surface area contributed by atoms with Crippen LogP contribution in [-0.4, -0.2) is 35.7 Å². The molecule has 0 fully saturated rings. The lowest BCUT2D eigenvalue weighted by atomic mass is 9.93. The second-order valence-corrected chi connectivity index (χ2v) is 7.27. The van der Waals surface area contributed by atoms with Gasteiger partial charge < -0.3 is 26.4 Å². The first kappa shape index (κ1) is 22.2. The van der Waals surface area contributed by atoms with Crippen LogP contribution in [0.2, 0.25) is 0 Å². The highest BCUT2D eigenvalue weighted by molar-refractivity contribution is 9.10. The van der Waals surface area contributed by atoms with Crippen LogP contribution in [0, 0.1) is 5.82 Å². The molecule has 1 unspecified atom stereocenters. The molecular weight excluding hydrogens is 447 g/mol. The zero-order valence-electron chi connectivity index (χ0n) is 15.7. The SMILES string of the molecule is CNC(=O)Nc1ccc(Br)c(NC(=O)NC(C)(Cc2ccc(F)cc2)C(=O)O)c1. The predicted molar refractivity (Wildman–Crippen MR) is 111 cm³/mol. The van der Waals surface area contributed by atoms with Crippen LogP contribution in [-0.2, 0) is 11.2 Å². The molecule has 0 heterocycles. The summed E-state index contributed by atoms with van der Waals surface area (Å²) in [7, 11) is 1.47. The largest absolute Gasteiger partial charge is 0.480 e. The van der Waals surface area contributed by atoms with Gasteiger partial charge in [-0.15, -0.1) is 0 Å². The molecule has 10 heteroatoms. The van der Waals surface area contributed by atoms with Crippen molar-refractivity contribution < 1.29 is 23.9 Å². The molecule has 2 rings (SSSR count). The highest BCUT2D eigenvalue weighted by Gasteiger charge is 2.35. The molecule has 1 atom stereocenters. The molecule has 0 aliphatic carbocycles. The van der Waals surface area contributed by atoms with Crippen LogP contribution >= 0.6 is 15.9 Å². The van der Waals surface area contributed by atoms with Gasteiger partial charge >= 0.3 is 18.0 Å². The van der Waals surface area contributed by atoms with Crippen LogP contribution < -0.4 is 21.3 Å². The van der Waals surface area contributed by atoms with E-state index in [1.165, 1.54) is 44.3 Å². The van der Waals surface area contributed by atoms with E-state index >= 15 is 0 Å². The number of hydrogen-bond donors (Lipinski definition) is 5. The molecule has 0 aliphatic rings. The molecule has 0 aliphatic heterocycles. The third-order valence-electron chi connectivity index (χ3n) is 4.03. The van der Waals surface area contributed by atoms with Crippen LogP contribution in [0.1, 0.15) is 12.5 Å². The van der Waals surface area contributed by atoms with Gasteiger partial charge in [-0.3, -0.25) is 0 Å². The first-order valence-electron chi connectivity index (χ1n) is 8.48. The molecule has 2 aromatic carbocycles. The molecule has 0 saturated carbocycles. The number of carbonyl (C=O) groups is 3. The Balaban J connectivity index is 2.14. The molecule has 0 saturated heterocycles. The van der Waals surface area contributed by atoms with Crippen molar-refractivity contribution in [2.24, 2.45) is 0 Å². The van der Waals surface area contributed by atoms with E-state index in [0.29, 0.717) is 21.4 Å². The molecule has 29 heavy (non-hydrogen) atoms. The average molecular weight is 467 g/mol. The fourth-order valence-corrected chi connectivity index (χ4v) is 2.83. The summed E-state index contributed by atoms with van der Waals surface area (Å²) in [6.07, 6.45) is -0.0462. The number of benzene rings is 2. The van der Waals surface area contributed by atoms with Crippen LogP contribution in [0.4, 0.5) is 25.4 Å². The van der Waals surface area contributed by atoms with Crippen LogP contribution in [0.3, 0.4) is 0 Å². The molecule has 0 bridgehead atoms. The van der Waals surface area contributed by atoms with Crippen molar-refractivity contribution in [3.05, 3.63) is 58.3 Å². The Morgan fingerprint density at radius 3 is 2.31 bits per heavy atom. The fraction of sp³-hybridized carbons (Fsp3) is 0.211. The lowest BCUT2D eigenvalue weighted by Gasteiger charge is -2.26. The number of nitrogens with one attached hydrogen (secondary N) is 4. The van der Waals surface area contributed by atoms with E-state index in [-0.39, 0.29) is 6.42 Å². The van der Waals surface area contributed by atoms with Gasteiger partial charge in [-0.1, -0.05) is 12.1 Å². The molecule has 5 N–H and O–H groups in total. The Kier molecular flexibility index (Phi) is 7.16. The minimum atomic E-state index is -1.63. The second kappa shape index (κ2) is 9.37. The lowest BCUT2D eigenvalue weighted by molar-refractivity contribution is -0.143. The summed E-state index contributed by atoms with van der Waals surface area (Å²) in [5.41, 5.74) is -0.331. The number of carboxylic acids is 1. The van der Waals surface area contributed by atoms with Gasteiger partial charge in [-0.05, 0) is 58.7 Å². The summed E-state index contributed by atoms with van der Waals surface area (Å²) < 4.78 is 13.6. The summed E-state index contributed by atoms with van der Waals surface area (Å²) in [4.78, 5) is 35.7. The van der Waals surface area contributed by atoms with Gasteiger partial charge in [0.1, 0.15) is 11.4 Å². The van der Waals surface area contributed by atoms with Gasteiger partial charge in [0.2, 0.25) is 0 Å². The molecule has 8 nitrogen and oxygen atoms in total. The van der Waals surface area contributed by atoms with E-state index in [4.69, 9.17) is 0 Å². The minimum absolute atomic E-state index is 0.0462. The van der Waals surface area contributed by atoms with E-state index in [1.807, 2.05) is 0 Å². The highest BCUT2D eigenvalue weighted by atomic mass is 79.9. The second-order valence-electron chi connectivity index (χ2n) is 6.42. The Morgan fingerprint density at radius 1 is 1.07 bits per heavy atom. The molecule has 4 amide bonds. The van der Waals surface area contributed by atoms with E-state index < -0.39 is 29.4 Å². The van der Waals surface area contributed by atoms with Crippen molar-refractivity contribution in [1.29, 1.82) is 0 Å². The summed E-state index contributed by atoms with van der Waals surface area (Å²) in [5.74, 6) is -1.68. The monoisotopic (exact) mass is 466 g/mol. The van der Waals surface area contributed by atoms with E-state index in [2.05, 4.69) is 37.2 Å². The van der Waals surface area contributed by atoms with Gasteiger partial charge in [-0.25, -0.2) is 18.8 Å². The number of aliphatic carboxylic acids is 1. The quantitative estimate of drug-likeness (QED) is 0.447. The Bertz CT molecular complexity index is 923. The number of carboxylic acid groups (broad SMARTS) is 1. The molecule has 0 spiro atoms. The standard InChI is InChI=1S/C19H20BrFN4O4/c1-19(16(26)27,10-11-3-5-12(21)6-4-11)25-18(29)24-15-9-13(7-8-14(15)20)23-17(28)22-2/h3-9H,10H2,1-2H3,(H,26,27)(H2,22,23,28)(H2,24,25,29). The van der Waals surface area contributed by atoms with Crippen LogP contribution in [0.15, 0.2) is 46.9 Å². The minimum Gasteiger partial charge on any atom is -0.480 e. The smallest absolute Gasteiger partial charge is 0.329 e. The molecule has 0 aromatic heterocycles. The van der Waals surface area contributed by atoms with E-state index in [0.717, 1.165) is 0 Å². The average Bonchev–Trinajstić information content (AvgIpc) is 2.66. The Hall–Kier alpha value is -3.14. The third-order valence-corrected chi connectivity index (χ3v) is 4.72. The molecule has 2 aromatic rings. The lowest BCUT2D eigenvalue weighted by Crippen LogP contribution is -2.55. The molecule has 0 radical (unpaired) electrons. The number of amides is 4. The number of halogens is 2. The highest BCUT2D eigenvalue weighted by Crippen LogP contribution is 2.26. The van der Waals surface area contributed by atoms with E-state index in [9.17, 15) is 23.9 Å². The summed E-state index contributed by atoms with van der Waals surface area (Å²) in [6.45, 7) is 1.36. The summed E-state index contributed by atoms with van der Waals surface area (Å²) in [5, 5.41) is 19.6. The van der Waals surface area contributed by atoms with Crippen molar-refractivity contribution in [2.75, 3.05) is 17.7 Å². The summed E-state index contributed by atoms with van der Waals surface area (Å²) in [6, 6.07) is 8.93. The van der Waals surface area contributed by atoms with Gasteiger partial charge in [0.05, 0.1) is 5.69 Å². The molecular formula is C19H20BrFN4O4. The third kappa shape index (κ3) is 6.18. The van der Waals surface area contributed by atoms with E-state index in [1.54, 1.807) is 12.1 Å². The Morgan fingerprint density at radius 2 is 1.72 bits per heavy atom. The van der Waals surface area contributed by atoms with Crippen molar-refractivity contribution >= 4 is 45.3 Å². The first-order chi connectivity index (χ1) is 13.6. The topological polar surface area (TPSA) is 120 Å². The zero-order valence-corrected chi connectivity index (χ0v) is 17.3. The number of rotatable bonds is 6. The zero-order chi connectivity index (χ0) is 21.6. The van der Waals surface area contributed by atoms with Crippen molar-refractivity contribution in [3.63, 3.8) is 0 Å². The normalized spacial score (nSPS) is 12.4. The number of urea groups is 2. The maximum atomic E-state index is 13.1. The van der Waals surface area contributed by atoms with Crippen molar-refractivity contribution in [3.8, 4) is 0 Å². The van der Waals surface area contributed by atoms with Gasteiger partial charge in [0.15, 0.2) is 0 Å². The summed E-state index contributed by atoms with van der Waals surface area (Å²) >= 11 is 3.29.